The molecule has 1 heterocycles. The van der Waals surface area contributed by atoms with Gasteiger partial charge in [0, 0.05) is 17.9 Å². The molecule has 1 aliphatic heterocycles. The van der Waals surface area contributed by atoms with Crippen LogP contribution in [0.25, 0.3) is 0 Å². The van der Waals surface area contributed by atoms with Gasteiger partial charge in [-0.3, -0.25) is 0 Å². The maximum absolute atomic E-state index is 12.4. The van der Waals surface area contributed by atoms with Gasteiger partial charge in [-0.15, -0.1) is 0 Å². The SMILES string of the molecule is CCCS(=O)(=O)c1ccccc1N1CCC(C(C)Br)CC1. The van der Waals surface area contributed by atoms with Crippen molar-refractivity contribution in [1.82, 2.24) is 0 Å². The number of hydrogen-bond donors (Lipinski definition) is 0. The fourth-order valence-electron chi connectivity index (χ4n) is 2.96. The second kappa shape index (κ2) is 7.14. The van der Waals surface area contributed by atoms with E-state index in [0.717, 1.165) is 31.6 Å². The number of nitrogens with zero attached hydrogens (tertiary/aromatic N) is 1. The number of benzene rings is 1. The molecule has 1 fully saturated rings. The lowest BCUT2D eigenvalue weighted by atomic mass is 9.94. The number of sulfone groups is 1. The second-order valence-corrected chi connectivity index (χ2v) is 9.31. The Morgan fingerprint density at radius 2 is 1.90 bits per heavy atom. The number of para-hydroxylation sites is 1. The molecule has 0 saturated carbocycles. The van der Waals surface area contributed by atoms with Crippen molar-refractivity contribution in [2.75, 3.05) is 23.7 Å². The Bertz CT molecular complexity index is 563. The minimum absolute atomic E-state index is 0.221. The van der Waals surface area contributed by atoms with Crippen molar-refractivity contribution in [3.05, 3.63) is 24.3 Å². The van der Waals surface area contributed by atoms with Gasteiger partial charge in [-0.25, -0.2) is 8.42 Å². The number of alkyl halides is 1. The quantitative estimate of drug-likeness (QED) is 0.735. The molecular formula is C16H24BrNO2S. The van der Waals surface area contributed by atoms with E-state index in [1.54, 1.807) is 6.07 Å². The predicted octanol–water partition coefficient (Wildman–Crippen LogP) is 3.87. The monoisotopic (exact) mass is 373 g/mol. The number of rotatable bonds is 5. The van der Waals surface area contributed by atoms with Crippen molar-refractivity contribution in [2.24, 2.45) is 5.92 Å². The molecule has 1 unspecified atom stereocenters. The Morgan fingerprint density at radius 3 is 2.48 bits per heavy atom. The smallest absolute Gasteiger partial charge is 0.180 e. The van der Waals surface area contributed by atoms with E-state index in [9.17, 15) is 8.42 Å². The third-order valence-electron chi connectivity index (χ3n) is 4.20. The van der Waals surface area contributed by atoms with Gasteiger partial charge in [0.05, 0.1) is 16.3 Å². The van der Waals surface area contributed by atoms with Gasteiger partial charge in [0.2, 0.25) is 0 Å². The van der Waals surface area contributed by atoms with Crippen LogP contribution >= 0.6 is 15.9 Å². The van der Waals surface area contributed by atoms with Crippen LogP contribution in [0, 0.1) is 5.92 Å². The van der Waals surface area contributed by atoms with E-state index in [2.05, 4.69) is 27.8 Å². The van der Waals surface area contributed by atoms with Crippen LogP contribution in [0.5, 0.6) is 0 Å². The highest BCUT2D eigenvalue weighted by Crippen LogP contribution is 2.32. The summed E-state index contributed by atoms with van der Waals surface area (Å²) in [6, 6.07) is 7.44. The van der Waals surface area contributed by atoms with Crippen LogP contribution in [-0.4, -0.2) is 32.1 Å². The van der Waals surface area contributed by atoms with E-state index >= 15 is 0 Å². The average Bonchev–Trinajstić information content (AvgIpc) is 2.47. The maximum atomic E-state index is 12.4. The number of piperidine rings is 1. The molecule has 0 radical (unpaired) electrons. The predicted molar refractivity (Wildman–Crippen MR) is 92.1 cm³/mol. The van der Waals surface area contributed by atoms with Crippen molar-refractivity contribution in [2.45, 2.75) is 42.8 Å². The van der Waals surface area contributed by atoms with Gasteiger partial charge in [-0.1, -0.05) is 41.9 Å². The zero-order valence-corrected chi connectivity index (χ0v) is 15.2. The largest absolute Gasteiger partial charge is 0.370 e. The number of halogens is 1. The summed E-state index contributed by atoms with van der Waals surface area (Å²) in [4.78, 5) is 3.25. The first-order chi connectivity index (χ1) is 9.95. The molecule has 118 valence electrons. The third-order valence-corrected chi connectivity index (χ3v) is 6.91. The molecule has 21 heavy (non-hydrogen) atoms. The van der Waals surface area contributed by atoms with Crippen molar-refractivity contribution in [3.63, 3.8) is 0 Å². The van der Waals surface area contributed by atoms with Crippen LogP contribution in [0.1, 0.15) is 33.1 Å². The number of anilines is 1. The Hall–Kier alpha value is -0.550. The van der Waals surface area contributed by atoms with Crippen LogP contribution in [0.3, 0.4) is 0 Å². The Kier molecular flexibility index (Phi) is 5.72. The fraction of sp³-hybridized carbons (Fsp3) is 0.625. The normalized spacial score (nSPS) is 18.7. The Morgan fingerprint density at radius 1 is 1.29 bits per heavy atom. The minimum atomic E-state index is -3.17. The standard InChI is InChI=1S/C16H24BrNO2S/c1-3-12-21(19,20)16-7-5-4-6-15(16)18-10-8-14(9-11-18)13(2)17/h4-7,13-14H,3,8-12H2,1-2H3. The topological polar surface area (TPSA) is 37.4 Å². The first-order valence-electron chi connectivity index (χ1n) is 7.66. The first-order valence-corrected chi connectivity index (χ1v) is 10.2. The molecule has 0 amide bonds. The molecule has 1 aliphatic rings. The molecule has 2 rings (SSSR count). The maximum Gasteiger partial charge on any atom is 0.180 e. The lowest BCUT2D eigenvalue weighted by Crippen LogP contribution is -2.36. The summed E-state index contributed by atoms with van der Waals surface area (Å²) < 4.78 is 24.9. The molecule has 0 aliphatic carbocycles. The molecule has 0 N–H and O–H groups in total. The van der Waals surface area contributed by atoms with Crippen molar-refractivity contribution >= 4 is 31.5 Å². The Balaban J connectivity index is 2.22. The Labute approximate surface area is 136 Å². The van der Waals surface area contributed by atoms with Gasteiger partial charge in [0.1, 0.15) is 0 Å². The van der Waals surface area contributed by atoms with Crippen LogP contribution in [0.2, 0.25) is 0 Å². The molecule has 1 aromatic rings. The molecule has 5 heteroatoms. The molecular weight excluding hydrogens is 350 g/mol. The summed E-state index contributed by atoms with van der Waals surface area (Å²) >= 11 is 3.66. The van der Waals surface area contributed by atoms with Gasteiger partial charge < -0.3 is 4.90 Å². The summed E-state index contributed by atoms with van der Waals surface area (Å²) in [5, 5.41) is 0. The van der Waals surface area contributed by atoms with Crippen molar-refractivity contribution < 1.29 is 8.42 Å². The van der Waals surface area contributed by atoms with Crippen molar-refractivity contribution in [1.29, 1.82) is 0 Å². The lowest BCUT2D eigenvalue weighted by molar-refractivity contribution is 0.406. The summed E-state index contributed by atoms with van der Waals surface area (Å²) in [6.07, 6.45) is 2.86. The second-order valence-electron chi connectivity index (χ2n) is 5.79. The third kappa shape index (κ3) is 4.01. The lowest BCUT2D eigenvalue weighted by Gasteiger charge is -2.35. The van der Waals surface area contributed by atoms with Gasteiger partial charge >= 0.3 is 0 Å². The van der Waals surface area contributed by atoms with E-state index in [-0.39, 0.29) is 5.75 Å². The van der Waals surface area contributed by atoms with Gasteiger partial charge in [0.25, 0.3) is 0 Å². The molecule has 3 nitrogen and oxygen atoms in total. The van der Waals surface area contributed by atoms with Gasteiger partial charge in [0.15, 0.2) is 9.84 Å². The van der Waals surface area contributed by atoms with E-state index in [1.165, 1.54) is 0 Å². The zero-order chi connectivity index (χ0) is 15.5. The fourth-order valence-corrected chi connectivity index (χ4v) is 5.05. The van der Waals surface area contributed by atoms with Crippen LogP contribution in [-0.2, 0) is 9.84 Å². The van der Waals surface area contributed by atoms with Crippen molar-refractivity contribution in [3.8, 4) is 0 Å². The molecule has 0 bridgehead atoms. The molecule has 0 spiro atoms. The zero-order valence-electron chi connectivity index (χ0n) is 12.8. The highest BCUT2D eigenvalue weighted by atomic mass is 79.9. The summed E-state index contributed by atoms with van der Waals surface area (Å²) in [7, 11) is -3.17. The van der Waals surface area contributed by atoms with Crippen LogP contribution in [0.4, 0.5) is 5.69 Å². The first kappa shape index (κ1) is 16.8. The highest BCUT2D eigenvalue weighted by Gasteiger charge is 2.26. The summed E-state index contributed by atoms with van der Waals surface area (Å²) in [6.45, 7) is 5.96. The molecule has 0 aromatic heterocycles. The minimum Gasteiger partial charge on any atom is -0.370 e. The van der Waals surface area contributed by atoms with E-state index < -0.39 is 9.84 Å². The van der Waals surface area contributed by atoms with Crippen LogP contribution in [0.15, 0.2) is 29.2 Å². The van der Waals surface area contributed by atoms with Gasteiger partial charge in [-0.2, -0.15) is 0 Å². The van der Waals surface area contributed by atoms with Gasteiger partial charge in [-0.05, 0) is 37.3 Å². The van der Waals surface area contributed by atoms with E-state index in [4.69, 9.17) is 0 Å². The summed E-state index contributed by atoms with van der Waals surface area (Å²) in [5.41, 5.74) is 0.881. The highest BCUT2D eigenvalue weighted by molar-refractivity contribution is 9.09. The average molecular weight is 374 g/mol. The molecule has 1 atom stereocenters. The molecule has 1 aromatic carbocycles. The van der Waals surface area contributed by atoms with E-state index in [1.807, 2.05) is 25.1 Å². The number of hydrogen-bond acceptors (Lipinski definition) is 3. The van der Waals surface area contributed by atoms with E-state index in [0.29, 0.717) is 22.1 Å². The molecule has 1 saturated heterocycles. The van der Waals surface area contributed by atoms with Crippen LogP contribution < -0.4 is 4.90 Å². The summed E-state index contributed by atoms with van der Waals surface area (Å²) in [5.74, 6) is 0.902.